The van der Waals surface area contributed by atoms with Crippen LogP contribution in [0.2, 0.25) is 0 Å². The summed E-state index contributed by atoms with van der Waals surface area (Å²) in [5.41, 5.74) is 2.67. The Morgan fingerprint density at radius 3 is 2.37 bits per heavy atom. The highest BCUT2D eigenvalue weighted by Crippen LogP contribution is 2.23. The largest absolute Gasteiger partial charge is 0.266 e. The van der Waals surface area contributed by atoms with Crippen molar-refractivity contribution in [3.63, 3.8) is 0 Å². The summed E-state index contributed by atoms with van der Waals surface area (Å²) in [4.78, 5) is 9.01. The molecule has 0 saturated carbocycles. The fourth-order valence-corrected chi connectivity index (χ4v) is 4.17. The van der Waals surface area contributed by atoms with E-state index in [-0.39, 0.29) is 10.8 Å². The van der Waals surface area contributed by atoms with Gasteiger partial charge in [0.15, 0.2) is 0 Å². The molecule has 0 aliphatic rings. The topological polar surface area (TPSA) is 80.5 Å². The molecule has 3 aromatic rings. The first-order chi connectivity index (χ1) is 12.7. The molecule has 2 heterocycles. The number of rotatable bonds is 6. The van der Waals surface area contributed by atoms with Crippen LogP contribution < -0.4 is 4.31 Å². The zero-order chi connectivity index (χ0) is 19.8. The molecule has 27 heavy (non-hydrogen) atoms. The van der Waals surface area contributed by atoms with Gasteiger partial charge in [-0.25, -0.2) is 17.7 Å². The Morgan fingerprint density at radius 1 is 1.07 bits per heavy atom. The highest BCUT2D eigenvalue weighted by atomic mass is 32.2. The predicted molar refractivity (Wildman–Crippen MR) is 105 cm³/mol. The fraction of sp³-hybridized carbons (Fsp3) is 0.421. The molecule has 8 heteroatoms. The number of benzene rings is 1. The first-order valence-electron chi connectivity index (χ1n) is 8.99. The standard InChI is InChI=1S/C19H25N5O2S/c1-13(2)10-11-23(27(25,26)17-8-6-14(3)7-9-17)19-21-18-20-15(4)12-16(5)24(18)22-19/h6-9,12-13H,10-11H2,1-5H3. The Morgan fingerprint density at radius 2 is 1.74 bits per heavy atom. The second-order valence-electron chi connectivity index (χ2n) is 7.24. The lowest BCUT2D eigenvalue weighted by molar-refractivity contribution is 0.566. The number of hydrogen-bond acceptors (Lipinski definition) is 5. The van der Waals surface area contributed by atoms with Crippen molar-refractivity contribution in [3.05, 3.63) is 47.3 Å². The summed E-state index contributed by atoms with van der Waals surface area (Å²) < 4.78 is 29.5. The van der Waals surface area contributed by atoms with Crippen LogP contribution in [0, 0.1) is 26.7 Å². The highest BCUT2D eigenvalue weighted by Gasteiger charge is 2.28. The first kappa shape index (κ1) is 19.3. The average Bonchev–Trinajstić information content (AvgIpc) is 2.98. The summed E-state index contributed by atoms with van der Waals surface area (Å²) in [7, 11) is -3.77. The van der Waals surface area contributed by atoms with E-state index in [9.17, 15) is 8.42 Å². The van der Waals surface area contributed by atoms with Gasteiger partial charge in [0.2, 0.25) is 0 Å². The van der Waals surface area contributed by atoms with Crippen LogP contribution in [0.25, 0.3) is 5.78 Å². The zero-order valence-corrected chi connectivity index (χ0v) is 17.2. The van der Waals surface area contributed by atoms with Gasteiger partial charge < -0.3 is 0 Å². The molecule has 2 aromatic heterocycles. The lowest BCUT2D eigenvalue weighted by Gasteiger charge is -2.21. The molecule has 0 fully saturated rings. The van der Waals surface area contributed by atoms with E-state index in [2.05, 4.69) is 28.9 Å². The normalized spacial score (nSPS) is 12.1. The van der Waals surface area contributed by atoms with Crippen LogP contribution in [0.3, 0.4) is 0 Å². The van der Waals surface area contributed by atoms with Crippen molar-refractivity contribution in [2.75, 3.05) is 10.8 Å². The number of fused-ring (bicyclic) bond motifs is 1. The van der Waals surface area contributed by atoms with Crippen LogP contribution in [0.1, 0.15) is 37.2 Å². The SMILES string of the molecule is Cc1ccc(S(=O)(=O)N(CCC(C)C)c2nc3nc(C)cc(C)n3n2)cc1. The lowest BCUT2D eigenvalue weighted by atomic mass is 10.1. The summed E-state index contributed by atoms with van der Waals surface area (Å²) in [6, 6.07) is 8.71. The van der Waals surface area contributed by atoms with Gasteiger partial charge in [-0.1, -0.05) is 31.5 Å². The third-order valence-corrected chi connectivity index (χ3v) is 6.14. The lowest BCUT2D eigenvalue weighted by Crippen LogP contribution is -2.33. The van der Waals surface area contributed by atoms with Gasteiger partial charge in [0.25, 0.3) is 21.7 Å². The van der Waals surface area contributed by atoms with E-state index in [0.717, 1.165) is 17.0 Å². The molecule has 0 spiro atoms. The molecular formula is C19H25N5O2S. The minimum Gasteiger partial charge on any atom is -0.232 e. The third kappa shape index (κ3) is 3.95. The molecule has 0 amide bonds. The minimum absolute atomic E-state index is 0.150. The molecule has 0 aliphatic carbocycles. The van der Waals surface area contributed by atoms with Crippen LogP contribution in [0.5, 0.6) is 0 Å². The molecule has 0 bridgehead atoms. The van der Waals surface area contributed by atoms with Crippen molar-refractivity contribution in [2.24, 2.45) is 5.92 Å². The first-order valence-corrected chi connectivity index (χ1v) is 10.4. The Kier molecular flexibility index (Phi) is 5.19. The monoisotopic (exact) mass is 387 g/mol. The van der Waals surface area contributed by atoms with Crippen LogP contribution >= 0.6 is 0 Å². The number of sulfonamides is 1. The molecular weight excluding hydrogens is 362 g/mol. The molecule has 3 rings (SSSR count). The molecule has 0 unspecified atom stereocenters. The predicted octanol–water partition coefficient (Wildman–Crippen LogP) is 3.29. The Bertz CT molecular complexity index is 1060. The quantitative estimate of drug-likeness (QED) is 0.648. The van der Waals surface area contributed by atoms with Crippen LogP contribution in [-0.2, 0) is 10.0 Å². The van der Waals surface area contributed by atoms with E-state index >= 15 is 0 Å². The number of aryl methyl sites for hydroxylation is 3. The third-order valence-electron chi connectivity index (χ3n) is 4.35. The maximum Gasteiger partial charge on any atom is 0.266 e. The number of hydrogen-bond donors (Lipinski definition) is 0. The Balaban J connectivity index is 2.11. The minimum atomic E-state index is -3.77. The highest BCUT2D eigenvalue weighted by molar-refractivity contribution is 7.92. The fourth-order valence-electron chi connectivity index (χ4n) is 2.80. The van der Waals surface area contributed by atoms with E-state index in [4.69, 9.17) is 0 Å². The molecule has 0 radical (unpaired) electrons. The second kappa shape index (κ2) is 7.26. The summed E-state index contributed by atoms with van der Waals surface area (Å²) >= 11 is 0. The van der Waals surface area contributed by atoms with Crippen LogP contribution in [0.4, 0.5) is 5.95 Å². The summed E-state index contributed by atoms with van der Waals surface area (Å²) in [5, 5.41) is 4.43. The Labute approximate surface area is 160 Å². The second-order valence-corrected chi connectivity index (χ2v) is 9.10. The van der Waals surface area contributed by atoms with Crippen LogP contribution in [-0.4, -0.2) is 34.5 Å². The van der Waals surface area contributed by atoms with Gasteiger partial charge in [0, 0.05) is 17.9 Å². The molecule has 0 atom stereocenters. The maximum absolute atomic E-state index is 13.3. The van der Waals surface area contributed by atoms with E-state index in [1.807, 2.05) is 26.8 Å². The van der Waals surface area contributed by atoms with Gasteiger partial charge in [-0.2, -0.15) is 9.50 Å². The van der Waals surface area contributed by atoms with E-state index in [0.29, 0.717) is 24.7 Å². The van der Waals surface area contributed by atoms with Gasteiger partial charge in [0.05, 0.1) is 4.90 Å². The number of aromatic nitrogens is 4. The van der Waals surface area contributed by atoms with Crippen molar-refractivity contribution in [2.45, 2.75) is 45.9 Å². The van der Waals surface area contributed by atoms with Gasteiger partial charge >= 0.3 is 0 Å². The molecule has 0 N–H and O–H groups in total. The van der Waals surface area contributed by atoms with Crippen molar-refractivity contribution in [3.8, 4) is 0 Å². The number of nitrogens with zero attached hydrogens (tertiary/aromatic N) is 5. The smallest absolute Gasteiger partial charge is 0.232 e. The molecule has 0 aliphatic heterocycles. The molecule has 7 nitrogen and oxygen atoms in total. The van der Waals surface area contributed by atoms with Gasteiger partial charge in [-0.05, 0) is 51.3 Å². The average molecular weight is 388 g/mol. The summed E-state index contributed by atoms with van der Waals surface area (Å²) in [6.45, 7) is 10.1. The Hall–Kier alpha value is -2.48. The van der Waals surface area contributed by atoms with E-state index < -0.39 is 10.0 Å². The van der Waals surface area contributed by atoms with Crippen molar-refractivity contribution < 1.29 is 8.42 Å². The molecule has 0 saturated heterocycles. The summed E-state index contributed by atoms with van der Waals surface area (Å²) in [6.07, 6.45) is 0.700. The summed E-state index contributed by atoms with van der Waals surface area (Å²) in [5.74, 6) is 0.897. The zero-order valence-electron chi connectivity index (χ0n) is 16.3. The maximum atomic E-state index is 13.3. The molecule has 1 aromatic carbocycles. The van der Waals surface area contributed by atoms with Gasteiger partial charge in [-0.3, -0.25) is 0 Å². The van der Waals surface area contributed by atoms with Gasteiger partial charge in [-0.15, -0.1) is 5.10 Å². The van der Waals surface area contributed by atoms with E-state index in [1.165, 1.54) is 4.31 Å². The number of anilines is 1. The van der Waals surface area contributed by atoms with Gasteiger partial charge in [0.1, 0.15) is 0 Å². The van der Waals surface area contributed by atoms with Crippen LogP contribution in [0.15, 0.2) is 35.2 Å². The van der Waals surface area contributed by atoms with E-state index in [1.54, 1.807) is 28.8 Å². The molecule has 144 valence electrons. The van der Waals surface area contributed by atoms with Crippen molar-refractivity contribution in [1.82, 2.24) is 19.6 Å². The van der Waals surface area contributed by atoms with Crippen molar-refractivity contribution >= 4 is 21.7 Å². The van der Waals surface area contributed by atoms with Crippen molar-refractivity contribution in [1.29, 1.82) is 0 Å².